The molecule has 0 aromatic heterocycles. The molecule has 1 aliphatic carbocycles. The topological polar surface area (TPSA) is 97.5 Å². The maximum atomic E-state index is 13.4. The van der Waals surface area contributed by atoms with E-state index in [-0.39, 0.29) is 36.2 Å². The molecule has 2 atom stereocenters. The van der Waals surface area contributed by atoms with Crippen LogP contribution in [0.5, 0.6) is 11.5 Å². The van der Waals surface area contributed by atoms with Gasteiger partial charge in [0.2, 0.25) is 11.8 Å². The number of carbonyl (C=O) groups is 2. The lowest BCUT2D eigenvalue weighted by atomic mass is 9.76. The molecule has 1 aromatic rings. The molecule has 4 rings (SSSR count). The second kappa shape index (κ2) is 9.09. The summed E-state index contributed by atoms with van der Waals surface area (Å²) < 4.78 is 10.9. The summed E-state index contributed by atoms with van der Waals surface area (Å²) in [7, 11) is 3.23. The first-order valence-corrected chi connectivity index (χ1v) is 10.8. The molecular weight excluding hydrogens is 396 g/mol. The predicted octanol–water partition coefficient (Wildman–Crippen LogP) is 1.78. The molecule has 0 spiro atoms. The van der Waals surface area contributed by atoms with Gasteiger partial charge >= 0.3 is 0 Å². The summed E-state index contributed by atoms with van der Waals surface area (Å²) in [5, 5.41) is 6.63. The van der Waals surface area contributed by atoms with Crippen LogP contribution in [-0.4, -0.2) is 67.3 Å². The summed E-state index contributed by atoms with van der Waals surface area (Å²) in [6, 6.07) is 5.83. The van der Waals surface area contributed by atoms with Crippen LogP contribution in [-0.2, 0) is 9.59 Å². The van der Waals surface area contributed by atoms with Gasteiger partial charge in [0, 0.05) is 24.6 Å². The third kappa shape index (κ3) is 4.30. The quantitative estimate of drug-likeness (QED) is 0.700. The lowest BCUT2D eigenvalue weighted by Gasteiger charge is -2.42. The lowest BCUT2D eigenvalue weighted by Crippen LogP contribution is -2.52. The van der Waals surface area contributed by atoms with Crippen LogP contribution in [0.2, 0.25) is 0 Å². The molecule has 2 amide bonds. The predicted molar refractivity (Wildman–Crippen MR) is 117 cm³/mol. The van der Waals surface area contributed by atoms with E-state index in [1.165, 1.54) is 0 Å². The Balaban J connectivity index is 1.64. The fourth-order valence-electron chi connectivity index (χ4n) is 4.87. The summed E-state index contributed by atoms with van der Waals surface area (Å²) >= 11 is 0. The molecule has 0 bridgehead atoms. The average Bonchev–Trinajstić information content (AvgIpc) is 2.79. The molecule has 0 radical (unpaired) electrons. The van der Waals surface area contributed by atoms with E-state index in [0.717, 1.165) is 50.0 Å². The van der Waals surface area contributed by atoms with Crippen LogP contribution in [0.15, 0.2) is 35.5 Å². The van der Waals surface area contributed by atoms with Gasteiger partial charge < -0.3 is 15.2 Å². The number of primary amides is 1. The number of hydrogen-bond donors (Lipinski definition) is 1. The Morgan fingerprint density at radius 2 is 1.77 bits per heavy atom. The number of nitrogens with two attached hydrogens (primary N) is 1. The van der Waals surface area contributed by atoms with E-state index in [4.69, 9.17) is 20.3 Å². The van der Waals surface area contributed by atoms with E-state index in [9.17, 15) is 9.59 Å². The fourth-order valence-corrected chi connectivity index (χ4v) is 4.87. The maximum Gasteiger partial charge on any atom is 0.247 e. The highest BCUT2D eigenvalue weighted by Crippen LogP contribution is 2.38. The van der Waals surface area contributed by atoms with Gasteiger partial charge in [-0.2, -0.15) is 5.10 Å². The van der Waals surface area contributed by atoms with E-state index in [1.807, 2.05) is 23.1 Å². The molecule has 1 aromatic carbocycles. The smallest absolute Gasteiger partial charge is 0.247 e. The molecule has 3 aliphatic rings. The van der Waals surface area contributed by atoms with Crippen LogP contribution in [0.3, 0.4) is 0 Å². The van der Waals surface area contributed by atoms with Crippen molar-refractivity contribution in [1.29, 1.82) is 0 Å². The summed E-state index contributed by atoms with van der Waals surface area (Å²) in [5.74, 6) is 1.05. The van der Waals surface area contributed by atoms with Crippen molar-refractivity contribution < 1.29 is 19.1 Å². The lowest BCUT2D eigenvalue weighted by molar-refractivity contribution is -0.141. The normalized spacial score (nSPS) is 24.5. The molecule has 8 heteroatoms. The van der Waals surface area contributed by atoms with Crippen molar-refractivity contribution >= 4 is 17.5 Å². The highest BCUT2D eigenvalue weighted by atomic mass is 16.5. The minimum atomic E-state index is -0.321. The molecule has 2 heterocycles. The van der Waals surface area contributed by atoms with Gasteiger partial charge in [-0.15, -0.1) is 0 Å². The van der Waals surface area contributed by atoms with Gasteiger partial charge in [-0.3, -0.25) is 14.5 Å². The molecule has 2 N–H and O–H groups in total. The van der Waals surface area contributed by atoms with E-state index in [2.05, 4.69) is 12.2 Å². The van der Waals surface area contributed by atoms with Crippen molar-refractivity contribution in [2.24, 2.45) is 22.7 Å². The zero-order valence-electron chi connectivity index (χ0n) is 18.1. The number of benzene rings is 1. The Kier molecular flexibility index (Phi) is 6.27. The number of fused-ring (bicyclic) bond motifs is 1. The van der Waals surface area contributed by atoms with Gasteiger partial charge in [0.15, 0.2) is 11.5 Å². The maximum absolute atomic E-state index is 13.4. The van der Waals surface area contributed by atoms with Crippen LogP contribution in [0, 0.1) is 11.8 Å². The minimum absolute atomic E-state index is 0.0265. The van der Waals surface area contributed by atoms with E-state index in [1.54, 1.807) is 19.2 Å². The molecule has 1 fully saturated rings. The Morgan fingerprint density at radius 3 is 2.42 bits per heavy atom. The Hall–Kier alpha value is -2.87. The van der Waals surface area contributed by atoms with Crippen molar-refractivity contribution in [3.8, 4) is 11.5 Å². The van der Waals surface area contributed by atoms with Crippen LogP contribution in [0.25, 0.3) is 0 Å². The second-order valence-electron chi connectivity index (χ2n) is 8.37. The van der Waals surface area contributed by atoms with Gasteiger partial charge in [-0.05, 0) is 43.9 Å². The van der Waals surface area contributed by atoms with Gasteiger partial charge in [0.1, 0.15) is 0 Å². The largest absolute Gasteiger partial charge is 0.493 e. The van der Waals surface area contributed by atoms with E-state index in [0.29, 0.717) is 11.5 Å². The van der Waals surface area contributed by atoms with Crippen molar-refractivity contribution in [3.63, 3.8) is 0 Å². The second-order valence-corrected chi connectivity index (χ2v) is 8.37. The zero-order valence-corrected chi connectivity index (χ0v) is 18.1. The number of methoxy groups -OCH3 is 2. The van der Waals surface area contributed by atoms with Gasteiger partial charge in [0.05, 0.1) is 38.4 Å². The third-order valence-electron chi connectivity index (χ3n) is 6.50. The minimum Gasteiger partial charge on any atom is -0.493 e. The van der Waals surface area contributed by atoms with Crippen LogP contribution in [0.4, 0.5) is 0 Å². The highest BCUT2D eigenvalue weighted by Gasteiger charge is 2.42. The standard InChI is InChI=1S/C23H30N4O4/c1-30-19-8-7-15(13-20(19)31-2)22-17-5-3-4-6-18(17)23(29)27(25-22)16-9-11-26(12-10-16)14-21(24)28/h3-4,7-8,13,16-18H,5-6,9-12,14H2,1-2H3,(H2,24,28)/t17-,18+/m0/s1. The monoisotopic (exact) mass is 426 g/mol. The number of hydrazone groups is 1. The molecule has 0 saturated carbocycles. The van der Waals surface area contributed by atoms with Crippen molar-refractivity contribution in [2.75, 3.05) is 33.9 Å². The van der Waals surface area contributed by atoms with E-state index >= 15 is 0 Å². The number of hydrogen-bond acceptors (Lipinski definition) is 6. The Bertz CT molecular complexity index is 905. The molecular formula is C23H30N4O4. The van der Waals surface area contributed by atoms with E-state index < -0.39 is 0 Å². The molecule has 31 heavy (non-hydrogen) atoms. The van der Waals surface area contributed by atoms with Crippen molar-refractivity contribution in [3.05, 3.63) is 35.9 Å². The van der Waals surface area contributed by atoms with Crippen LogP contribution in [0.1, 0.15) is 31.2 Å². The van der Waals surface area contributed by atoms with Crippen molar-refractivity contribution in [2.45, 2.75) is 31.7 Å². The van der Waals surface area contributed by atoms with Gasteiger partial charge in [0.25, 0.3) is 0 Å². The van der Waals surface area contributed by atoms with Crippen molar-refractivity contribution in [1.82, 2.24) is 9.91 Å². The first-order valence-electron chi connectivity index (χ1n) is 10.8. The number of amides is 2. The fraction of sp³-hybridized carbons (Fsp3) is 0.522. The number of likely N-dealkylation sites (tertiary alicyclic amines) is 1. The van der Waals surface area contributed by atoms with Gasteiger partial charge in [-0.25, -0.2) is 5.01 Å². The first kappa shape index (κ1) is 21.4. The number of rotatable bonds is 6. The number of allylic oxidation sites excluding steroid dienone is 2. The average molecular weight is 427 g/mol. The molecule has 0 unspecified atom stereocenters. The summed E-state index contributed by atoms with van der Waals surface area (Å²) in [6.45, 7) is 1.72. The zero-order chi connectivity index (χ0) is 22.0. The third-order valence-corrected chi connectivity index (χ3v) is 6.50. The summed E-state index contributed by atoms with van der Waals surface area (Å²) in [6.07, 6.45) is 7.32. The van der Waals surface area contributed by atoms with Crippen LogP contribution >= 0.6 is 0 Å². The summed E-state index contributed by atoms with van der Waals surface area (Å²) in [4.78, 5) is 26.6. The van der Waals surface area contributed by atoms with Gasteiger partial charge in [-0.1, -0.05) is 12.2 Å². The molecule has 2 aliphatic heterocycles. The number of ether oxygens (including phenoxy) is 2. The molecule has 166 valence electrons. The number of carbonyl (C=O) groups excluding carboxylic acids is 2. The Morgan fingerprint density at radius 1 is 1.10 bits per heavy atom. The SMILES string of the molecule is COc1ccc(C2=NN(C3CCN(CC(N)=O)CC3)C(=O)[C@@H]3CC=CC[C@H]23)cc1OC. The molecule has 1 saturated heterocycles. The first-order chi connectivity index (χ1) is 15.0. The number of nitrogens with zero attached hydrogens (tertiary/aromatic N) is 3. The Labute approximate surface area is 182 Å². The summed E-state index contributed by atoms with van der Waals surface area (Å²) in [5.41, 5.74) is 7.21. The highest BCUT2D eigenvalue weighted by molar-refractivity contribution is 6.07. The van der Waals surface area contributed by atoms with Crippen LogP contribution < -0.4 is 15.2 Å². The number of piperidine rings is 1. The molecule has 8 nitrogen and oxygen atoms in total.